The number of para-hydroxylation sites is 1. The Morgan fingerprint density at radius 3 is 2.15 bits per heavy atom. The average molecular weight is 354 g/mol. The van der Waals surface area contributed by atoms with Gasteiger partial charge in [-0.1, -0.05) is 68.5 Å². The number of fused-ring (bicyclic) bond motifs is 1. The summed E-state index contributed by atoms with van der Waals surface area (Å²) in [5.41, 5.74) is 7.09. The fraction of sp³-hybridized carbons (Fsp3) is 0.200. The Kier molecular flexibility index (Phi) is 4.49. The van der Waals surface area contributed by atoms with Gasteiger partial charge in [0.15, 0.2) is 0 Å². The van der Waals surface area contributed by atoms with Gasteiger partial charge in [0.05, 0.1) is 0 Å². The molecule has 1 heterocycles. The van der Waals surface area contributed by atoms with Crippen LogP contribution in [0.2, 0.25) is 0 Å². The van der Waals surface area contributed by atoms with E-state index in [4.69, 9.17) is 0 Å². The maximum absolute atomic E-state index is 3.65. The van der Waals surface area contributed by atoms with Crippen molar-refractivity contribution in [2.45, 2.75) is 26.2 Å². The SMILES string of the molecule is CC(C)C1=CC(C)(c2ccccc2)c2cc(Nc3ccccc3)ccc2N1. The molecule has 3 aromatic rings. The lowest BCUT2D eigenvalue weighted by atomic mass is 9.72. The number of hydrogen-bond acceptors (Lipinski definition) is 2. The van der Waals surface area contributed by atoms with Gasteiger partial charge in [0, 0.05) is 28.2 Å². The first-order chi connectivity index (χ1) is 13.1. The molecule has 1 aliphatic heterocycles. The van der Waals surface area contributed by atoms with E-state index in [0.717, 1.165) is 11.4 Å². The standard InChI is InChI=1S/C25H26N2/c1-18(2)24-17-25(3,19-10-6-4-7-11-19)22-16-21(14-15-23(22)27-24)26-20-12-8-5-9-13-20/h4-18,26-27H,1-3H3. The molecule has 3 aromatic carbocycles. The quantitative estimate of drug-likeness (QED) is 0.544. The Bertz CT molecular complexity index is 958. The molecule has 0 fully saturated rings. The maximum Gasteiger partial charge on any atom is 0.0428 e. The molecule has 0 aromatic heterocycles. The summed E-state index contributed by atoms with van der Waals surface area (Å²) in [6.45, 7) is 6.79. The molecule has 2 heteroatoms. The molecule has 136 valence electrons. The van der Waals surface area contributed by atoms with E-state index in [9.17, 15) is 0 Å². The highest BCUT2D eigenvalue weighted by Crippen LogP contribution is 2.44. The van der Waals surface area contributed by atoms with Crippen molar-refractivity contribution in [3.05, 3.63) is 102 Å². The van der Waals surface area contributed by atoms with Gasteiger partial charge in [-0.2, -0.15) is 0 Å². The van der Waals surface area contributed by atoms with Crippen LogP contribution in [-0.2, 0) is 5.41 Å². The summed E-state index contributed by atoms with van der Waals surface area (Å²) in [6, 6.07) is 27.7. The third-order valence-corrected chi connectivity index (χ3v) is 5.36. The first-order valence-corrected chi connectivity index (χ1v) is 9.58. The second-order valence-electron chi connectivity index (χ2n) is 7.70. The van der Waals surface area contributed by atoms with E-state index in [2.05, 4.69) is 98.1 Å². The highest BCUT2D eigenvalue weighted by Gasteiger charge is 2.33. The van der Waals surface area contributed by atoms with Crippen LogP contribution in [0.5, 0.6) is 0 Å². The third kappa shape index (κ3) is 3.35. The van der Waals surface area contributed by atoms with Crippen LogP contribution >= 0.6 is 0 Å². The van der Waals surface area contributed by atoms with Crippen molar-refractivity contribution in [3.63, 3.8) is 0 Å². The fourth-order valence-electron chi connectivity index (χ4n) is 3.76. The maximum atomic E-state index is 3.65. The van der Waals surface area contributed by atoms with E-state index in [-0.39, 0.29) is 5.41 Å². The van der Waals surface area contributed by atoms with Gasteiger partial charge < -0.3 is 10.6 Å². The topological polar surface area (TPSA) is 24.1 Å². The average Bonchev–Trinajstić information content (AvgIpc) is 2.70. The van der Waals surface area contributed by atoms with Gasteiger partial charge in [-0.15, -0.1) is 0 Å². The zero-order valence-electron chi connectivity index (χ0n) is 16.2. The molecule has 0 saturated carbocycles. The van der Waals surface area contributed by atoms with E-state index < -0.39 is 0 Å². The van der Waals surface area contributed by atoms with Crippen LogP contribution in [-0.4, -0.2) is 0 Å². The minimum absolute atomic E-state index is 0.171. The molecule has 1 atom stereocenters. The van der Waals surface area contributed by atoms with E-state index in [1.807, 2.05) is 18.2 Å². The molecule has 4 rings (SSSR count). The Morgan fingerprint density at radius 2 is 1.48 bits per heavy atom. The van der Waals surface area contributed by atoms with Crippen LogP contribution in [0.1, 0.15) is 31.9 Å². The zero-order chi connectivity index (χ0) is 18.9. The highest BCUT2D eigenvalue weighted by molar-refractivity contribution is 5.72. The number of nitrogens with one attached hydrogen (secondary N) is 2. The Balaban J connectivity index is 1.81. The smallest absolute Gasteiger partial charge is 0.0428 e. The Hall–Kier alpha value is -3.00. The molecule has 0 bridgehead atoms. The van der Waals surface area contributed by atoms with Gasteiger partial charge >= 0.3 is 0 Å². The fourth-order valence-corrected chi connectivity index (χ4v) is 3.76. The molecule has 0 aliphatic carbocycles. The van der Waals surface area contributed by atoms with E-state index in [0.29, 0.717) is 5.92 Å². The summed E-state index contributed by atoms with van der Waals surface area (Å²) in [6.07, 6.45) is 2.39. The summed E-state index contributed by atoms with van der Waals surface area (Å²) in [5.74, 6) is 0.448. The molecule has 27 heavy (non-hydrogen) atoms. The van der Waals surface area contributed by atoms with Gasteiger partial charge in [0.25, 0.3) is 0 Å². The molecule has 2 N–H and O–H groups in total. The summed E-state index contributed by atoms with van der Waals surface area (Å²) in [7, 11) is 0. The molecule has 1 aliphatic rings. The number of benzene rings is 3. The summed E-state index contributed by atoms with van der Waals surface area (Å²) in [4.78, 5) is 0. The minimum atomic E-state index is -0.171. The van der Waals surface area contributed by atoms with Crippen LogP contribution in [0.15, 0.2) is 90.6 Å². The summed E-state index contributed by atoms with van der Waals surface area (Å²) in [5, 5.41) is 7.17. The van der Waals surface area contributed by atoms with E-state index in [1.54, 1.807) is 0 Å². The van der Waals surface area contributed by atoms with Gasteiger partial charge in [-0.3, -0.25) is 0 Å². The van der Waals surface area contributed by atoms with Crippen molar-refractivity contribution in [3.8, 4) is 0 Å². The lowest BCUT2D eigenvalue weighted by Gasteiger charge is -2.37. The van der Waals surface area contributed by atoms with Gasteiger partial charge in [-0.05, 0) is 54.3 Å². The molecular formula is C25H26N2. The van der Waals surface area contributed by atoms with Gasteiger partial charge in [-0.25, -0.2) is 0 Å². The van der Waals surface area contributed by atoms with Crippen molar-refractivity contribution in [1.82, 2.24) is 0 Å². The van der Waals surface area contributed by atoms with Crippen LogP contribution in [0, 0.1) is 5.92 Å². The van der Waals surface area contributed by atoms with Crippen LogP contribution in [0.4, 0.5) is 17.1 Å². The van der Waals surface area contributed by atoms with Crippen molar-refractivity contribution in [1.29, 1.82) is 0 Å². The molecule has 1 unspecified atom stereocenters. The Labute approximate surface area is 162 Å². The second kappa shape index (κ2) is 6.96. The summed E-state index contributed by atoms with van der Waals surface area (Å²) < 4.78 is 0. The predicted octanol–water partition coefficient (Wildman–Crippen LogP) is 6.70. The lowest BCUT2D eigenvalue weighted by Crippen LogP contribution is -2.29. The molecule has 2 nitrogen and oxygen atoms in total. The largest absolute Gasteiger partial charge is 0.359 e. The van der Waals surface area contributed by atoms with E-state index >= 15 is 0 Å². The van der Waals surface area contributed by atoms with Crippen molar-refractivity contribution in [2.24, 2.45) is 5.92 Å². The third-order valence-electron chi connectivity index (χ3n) is 5.36. The molecule has 0 saturated heterocycles. The number of hydrogen-bond donors (Lipinski definition) is 2. The molecular weight excluding hydrogens is 328 g/mol. The normalized spacial score (nSPS) is 18.4. The van der Waals surface area contributed by atoms with Crippen molar-refractivity contribution in [2.75, 3.05) is 10.6 Å². The molecule has 0 amide bonds. The number of anilines is 3. The summed E-state index contributed by atoms with van der Waals surface area (Å²) >= 11 is 0. The van der Waals surface area contributed by atoms with Crippen LogP contribution in [0.3, 0.4) is 0 Å². The van der Waals surface area contributed by atoms with Crippen LogP contribution in [0.25, 0.3) is 0 Å². The van der Waals surface area contributed by atoms with Crippen molar-refractivity contribution >= 4 is 17.1 Å². The molecule has 0 radical (unpaired) electrons. The van der Waals surface area contributed by atoms with Gasteiger partial charge in [0.2, 0.25) is 0 Å². The lowest BCUT2D eigenvalue weighted by molar-refractivity contribution is 0.671. The second-order valence-corrected chi connectivity index (χ2v) is 7.70. The van der Waals surface area contributed by atoms with Gasteiger partial charge in [0.1, 0.15) is 0 Å². The van der Waals surface area contributed by atoms with Crippen LogP contribution < -0.4 is 10.6 Å². The zero-order valence-corrected chi connectivity index (χ0v) is 16.2. The van der Waals surface area contributed by atoms with Crippen molar-refractivity contribution < 1.29 is 0 Å². The first-order valence-electron chi connectivity index (χ1n) is 9.58. The predicted molar refractivity (Wildman–Crippen MR) is 116 cm³/mol. The first kappa shape index (κ1) is 17.4. The number of rotatable bonds is 4. The Morgan fingerprint density at radius 1 is 0.815 bits per heavy atom. The minimum Gasteiger partial charge on any atom is -0.359 e. The number of allylic oxidation sites excluding steroid dienone is 2. The monoisotopic (exact) mass is 354 g/mol. The molecule has 0 spiro atoms. The highest BCUT2D eigenvalue weighted by atomic mass is 14.9. The van der Waals surface area contributed by atoms with E-state index in [1.165, 1.54) is 22.5 Å².